The molecule has 4 nitrogen and oxygen atoms in total. The average molecular weight is 420 g/mol. The van der Waals surface area contributed by atoms with Crippen molar-refractivity contribution in [2.75, 3.05) is 6.61 Å². The molecule has 3 atom stereocenters. The van der Waals surface area contributed by atoms with Crippen molar-refractivity contribution in [3.8, 4) is 0 Å². The second-order valence-corrected chi connectivity index (χ2v) is 7.97. The standard InChI is InChI=1S/C18H27BrN2O2.ClH/c1-5-23-15-11-18(20,17(15,3)4)16(22)21-12(2)9-13-7-6-8-14(19)10-13;/h6-8,10,12,15H,5,9,11,20H2,1-4H3,(H,21,22);1H. The molecule has 3 N–H and O–H groups in total. The van der Waals surface area contributed by atoms with Crippen LogP contribution in [0.1, 0.15) is 39.7 Å². The van der Waals surface area contributed by atoms with Gasteiger partial charge in [0.2, 0.25) is 5.91 Å². The Balaban J connectivity index is 0.00000288. The van der Waals surface area contributed by atoms with Crippen molar-refractivity contribution in [2.45, 2.75) is 58.2 Å². The molecule has 1 aromatic carbocycles. The minimum Gasteiger partial charge on any atom is -0.378 e. The first kappa shape index (κ1) is 21.4. The Hall–Kier alpha value is -0.620. The molecule has 0 heterocycles. The highest BCUT2D eigenvalue weighted by atomic mass is 79.9. The van der Waals surface area contributed by atoms with Gasteiger partial charge in [0.25, 0.3) is 0 Å². The number of nitrogens with two attached hydrogens (primary N) is 1. The fraction of sp³-hybridized carbons (Fsp3) is 0.611. The van der Waals surface area contributed by atoms with Crippen LogP contribution < -0.4 is 11.1 Å². The molecular weight excluding hydrogens is 392 g/mol. The summed E-state index contributed by atoms with van der Waals surface area (Å²) in [5.41, 5.74) is 6.37. The molecule has 0 bridgehead atoms. The predicted molar refractivity (Wildman–Crippen MR) is 103 cm³/mol. The number of carbonyl (C=O) groups excluding carboxylic acids is 1. The van der Waals surface area contributed by atoms with Crippen molar-refractivity contribution in [1.29, 1.82) is 0 Å². The topological polar surface area (TPSA) is 64.3 Å². The normalized spacial score (nSPS) is 26.0. The third kappa shape index (κ3) is 4.13. The van der Waals surface area contributed by atoms with E-state index in [0.717, 1.165) is 10.9 Å². The quantitative estimate of drug-likeness (QED) is 0.742. The maximum absolute atomic E-state index is 12.7. The van der Waals surface area contributed by atoms with Crippen molar-refractivity contribution >= 4 is 34.2 Å². The van der Waals surface area contributed by atoms with E-state index in [0.29, 0.717) is 13.0 Å². The fourth-order valence-electron chi connectivity index (χ4n) is 3.24. The highest BCUT2D eigenvalue weighted by Gasteiger charge is 2.62. The molecule has 2 rings (SSSR count). The summed E-state index contributed by atoms with van der Waals surface area (Å²) in [6, 6.07) is 8.15. The smallest absolute Gasteiger partial charge is 0.241 e. The first-order valence-corrected chi connectivity index (χ1v) is 8.96. The summed E-state index contributed by atoms with van der Waals surface area (Å²) in [5.74, 6) is -0.0825. The maximum atomic E-state index is 12.7. The van der Waals surface area contributed by atoms with Crippen molar-refractivity contribution in [1.82, 2.24) is 5.32 Å². The highest BCUT2D eigenvalue weighted by Crippen LogP contribution is 2.49. The monoisotopic (exact) mass is 418 g/mol. The molecule has 1 aromatic rings. The Morgan fingerprint density at radius 2 is 2.17 bits per heavy atom. The predicted octanol–water partition coefficient (Wildman–Crippen LogP) is 3.45. The van der Waals surface area contributed by atoms with Gasteiger partial charge in [0.1, 0.15) is 5.54 Å². The molecule has 1 aliphatic carbocycles. The largest absolute Gasteiger partial charge is 0.378 e. The number of halogens is 2. The minimum absolute atomic E-state index is 0. The van der Waals surface area contributed by atoms with Crippen LogP contribution in [0.4, 0.5) is 0 Å². The summed E-state index contributed by atoms with van der Waals surface area (Å²) in [6.07, 6.45) is 1.39. The van der Waals surface area contributed by atoms with E-state index in [4.69, 9.17) is 10.5 Å². The van der Waals surface area contributed by atoms with E-state index in [1.165, 1.54) is 5.56 Å². The van der Waals surface area contributed by atoms with Gasteiger partial charge in [-0.05, 0) is 38.0 Å². The lowest BCUT2D eigenvalue weighted by Gasteiger charge is -2.57. The molecule has 1 amide bonds. The van der Waals surface area contributed by atoms with E-state index in [9.17, 15) is 4.79 Å². The Kier molecular flexibility index (Phi) is 7.29. The maximum Gasteiger partial charge on any atom is 0.241 e. The molecule has 24 heavy (non-hydrogen) atoms. The SMILES string of the molecule is CCOC1CC(N)(C(=O)NC(C)Cc2cccc(Br)c2)C1(C)C.Cl. The molecule has 0 aliphatic heterocycles. The van der Waals surface area contributed by atoms with Gasteiger partial charge < -0.3 is 15.8 Å². The molecule has 1 fully saturated rings. The van der Waals surface area contributed by atoms with Crippen LogP contribution in [0.2, 0.25) is 0 Å². The highest BCUT2D eigenvalue weighted by molar-refractivity contribution is 9.10. The van der Waals surface area contributed by atoms with Crippen LogP contribution in [-0.4, -0.2) is 30.2 Å². The van der Waals surface area contributed by atoms with Gasteiger partial charge in [-0.1, -0.05) is 41.9 Å². The van der Waals surface area contributed by atoms with Gasteiger partial charge in [-0.3, -0.25) is 4.79 Å². The first-order chi connectivity index (χ1) is 10.7. The number of rotatable bonds is 6. The number of hydrogen-bond acceptors (Lipinski definition) is 3. The molecular formula is C18H28BrClN2O2. The van der Waals surface area contributed by atoms with Gasteiger partial charge in [0, 0.05) is 29.0 Å². The first-order valence-electron chi connectivity index (χ1n) is 8.16. The van der Waals surface area contributed by atoms with E-state index >= 15 is 0 Å². The van der Waals surface area contributed by atoms with Crippen LogP contribution in [0.25, 0.3) is 0 Å². The Morgan fingerprint density at radius 3 is 2.71 bits per heavy atom. The molecule has 0 radical (unpaired) electrons. The summed E-state index contributed by atoms with van der Waals surface area (Å²) in [5, 5.41) is 3.07. The summed E-state index contributed by atoms with van der Waals surface area (Å²) in [4.78, 5) is 12.7. The summed E-state index contributed by atoms with van der Waals surface area (Å²) in [6.45, 7) is 8.64. The fourth-order valence-corrected chi connectivity index (χ4v) is 3.69. The molecule has 0 aromatic heterocycles. The summed E-state index contributed by atoms with van der Waals surface area (Å²) >= 11 is 3.47. The lowest BCUT2D eigenvalue weighted by atomic mass is 9.54. The number of nitrogens with one attached hydrogen (secondary N) is 1. The van der Waals surface area contributed by atoms with Crippen LogP contribution in [-0.2, 0) is 16.0 Å². The molecule has 0 saturated heterocycles. The third-order valence-corrected chi connectivity index (χ3v) is 5.54. The summed E-state index contributed by atoms with van der Waals surface area (Å²) < 4.78 is 6.73. The molecule has 136 valence electrons. The number of ether oxygens (including phenoxy) is 1. The van der Waals surface area contributed by atoms with Crippen LogP contribution in [0.15, 0.2) is 28.7 Å². The number of hydrogen-bond donors (Lipinski definition) is 2. The van der Waals surface area contributed by atoms with Crippen LogP contribution in [0.5, 0.6) is 0 Å². The number of carbonyl (C=O) groups is 1. The van der Waals surface area contributed by atoms with Crippen molar-refractivity contribution in [2.24, 2.45) is 11.1 Å². The van der Waals surface area contributed by atoms with Crippen LogP contribution in [0, 0.1) is 5.41 Å². The van der Waals surface area contributed by atoms with E-state index in [1.807, 2.05) is 39.8 Å². The van der Waals surface area contributed by atoms with Gasteiger partial charge in [0.05, 0.1) is 6.10 Å². The Morgan fingerprint density at radius 1 is 1.50 bits per heavy atom. The minimum atomic E-state index is -0.863. The Labute approximate surface area is 159 Å². The lowest BCUT2D eigenvalue weighted by molar-refractivity contribution is -0.171. The van der Waals surface area contributed by atoms with E-state index in [2.05, 4.69) is 33.4 Å². The zero-order valence-electron chi connectivity index (χ0n) is 14.8. The summed E-state index contributed by atoms with van der Waals surface area (Å²) in [7, 11) is 0. The van der Waals surface area contributed by atoms with Crippen molar-refractivity contribution in [3.63, 3.8) is 0 Å². The molecule has 6 heteroatoms. The van der Waals surface area contributed by atoms with Crippen LogP contribution >= 0.6 is 28.3 Å². The number of amides is 1. The molecule has 1 saturated carbocycles. The second-order valence-electron chi connectivity index (χ2n) is 7.05. The van der Waals surface area contributed by atoms with Crippen molar-refractivity contribution in [3.05, 3.63) is 34.3 Å². The van der Waals surface area contributed by atoms with E-state index in [-0.39, 0.29) is 35.9 Å². The second kappa shape index (κ2) is 8.17. The van der Waals surface area contributed by atoms with E-state index in [1.54, 1.807) is 0 Å². The average Bonchev–Trinajstić information content (AvgIpc) is 2.46. The zero-order valence-corrected chi connectivity index (χ0v) is 17.2. The van der Waals surface area contributed by atoms with Gasteiger partial charge in [-0.25, -0.2) is 0 Å². The third-order valence-electron chi connectivity index (χ3n) is 5.04. The molecule has 3 unspecified atom stereocenters. The van der Waals surface area contributed by atoms with Gasteiger partial charge >= 0.3 is 0 Å². The van der Waals surface area contributed by atoms with Crippen LogP contribution in [0.3, 0.4) is 0 Å². The van der Waals surface area contributed by atoms with E-state index < -0.39 is 5.54 Å². The van der Waals surface area contributed by atoms with Gasteiger partial charge in [0.15, 0.2) is 0 Å². The van der Waals surface area contributed by atoms with Gasteiger partial charge in [-0.15, -0.1) is 12.4 Å². The zero-order chi connectivity index (χ0) is 17.3. The lowest BCUT2D eigenvalue weighted by Crippen LogP contribution is -2.76. The van der Waals surface area contributed by atoms with Crippen molar-refractivity contribution < 1.29 is 9.53 Å². The number of benzene rings is 1. The molecule has 0 spiro atoms. The van der Waals surface area contributed by atoms with Gasteiger partial charge in [-0.2, -0.15) is 0 Å². The molecule has 1 aliphatic rings. The Bertz CT molecular complexity index is 582.